The molecule has 0 radical (unpaired) electrons. The lowest BCUT2D eigenvalue weighted by atomic mass is 10.1. The zero-order valence-corrected chi connectivity index (χ0v) is 12.2. The van der Waals surface area contributed by atoms with Crippen LogP contribution in [-0.4, -0.2) is 16.2 Å². The number of halogens is 1. The second-order valence-corrected chi connectivity index (χ2v) is 5.07. The summed E-state index contributed by atoms with van der Waals surface area (Å²) in [5.41, 5.74) is 5.91. The SMILES string of the molecule is Cc1cc(N/N=C/c2ccncc2)nc2ccc(Cl)cc12. The van der Waals surface area contributed by atoms with Crippen molar-refractivity contribution in [3.8, 4) is 0 Å². The number of nitrogens with zero attached hydrogens (tertiary/aromatic N) is 3. The Labute approximate surface area is 127 Å². The van der Waals surface area contributed by atoms with Crippen molar-refractivity contribution in [2.24, 2.45) is 5.10 Å². The van der Waals surface area contributed by atoms with Gasteiger partial charge in [-0.15, -0.1) is 0 Å². The van der Waals surface area contributed by atoms with Crippen molar-refractivity contribution in [2.45, 2.75) is 6.92 Å². The second-order valence-electron chi connectivity index (χ2n) is 4.64. The molecule has 0 aliphatic heterocycles. The molecular weight excluding hydrogens is 284 g/mol. The summed E-state index contributed by atoms with van der Waals surface area (Å²) in [5.74, 6) is 0.702. The van der Waals surface area contributed by atoms with E-state index < -0.39 is 0 Å². The molecule has 2 heterocycles. The van der Waals surface area contributed by atoms with E-state index in [1.807, 2.05) is 43.3 Å². The molecule has 4 nitrogen and oxygen atoms in total. The lowest BCUT2D eigenvalue weighted by molar-refractivity contribution is 1.25. The van der Waals surface area contributed by atoms with Crippen molar-refractivity contribution in [3.63, 3.8) is 0 Å². The highest BCUT2D eigenvalue weighted by Crippen LogP contribution is 2.23. The molecule has 0 spiro atoms. The highest BCUT2D eigenvalue weighted by Gasteiger charge is 2.02. The van der Waals surface area contributed by atoms with Gasteiger partial charge in [0.05, 0.1) is 11.7 Å². The van der Waals surface area contributed by atoms with Gasteiger partial charge in [0.2, 0.25) is 0 Å². The summed E-state index contributed by atoms with van der Waals surface area (Å²) in [6.45, 7) is 2.03. The number of hydrogen-bond acceptors (Lipinski definition) is 4. The topological polar surface area (TPSA) is 50.2 Å². The van der Waals surface area contributed by atoms with Crippen LogP contribution >= 0.6 is 11.6 Å². The number of hydrogen-bond donors (Lipinski definition) is 1. The fraction of sp³-hybridized carbons (Fsp3) is 0.0625. The first-order valence-electron chi connectivity index (χ1n) is 6.48. The molecule has 2 aromatic heterocycles. The van der Waals surface area contributed by atoms with Gasteiger partial charge in [-0.05, 0) is 54.4 Å². The molecular formula is C16H13ClN4. The van der Waals surface area contributed by atoms with E-state index >= 15 is 0 Å². The molecule has 1 N–H and O–H groups in total. The third kappa shape index (κ3) is 3.17. The molecule has 0 saturated carbocycles. The highest BCUT2D eigenvalue weighted by atomic mass is 35.5. The number of pyridine rings is 2. The van der Waals surface area contributed by atoms with Crippen LogP contribution in [0.1, 0.15) is 11.1 Å². The van der Waals surface area contributed by atoms with Crippen LogP contribution in [0, 0.1) is 6.92 Å². The molecule has 21 heavy (non-hydrogen) atoms. The van der Waals surface area contributed by atoms with Gasteiger partial charge in [0.1, 0.15) is 5.82 Å². The van der Waals surface area contributed by atoms with Crippen molar-refractivity contribution in [2.75, 3.05) is 5.43 Å². The van der Waals surface area contributed by atoms with Crippen LogP contribution in [0.2, 0.25) is 5.02 Å². The summed E-state index contributed by atoms with van der Waals surface area (Å²) >= 11 is 6.01. The van der Waals surface area contributed by atoms with E-state index in [0.717, 1.165) is 22.0 Å². The molecule has 3 aromatic rings. The number of fused-ring (bicyclic) bond motifs is 1. The summed E-state index contributed by atoms with van der Waals surface area (Å²) in [5, 5.41) is 5.95. The number of rotatable bonds is 3. The Morgan fingerprint density at radius 2 is 1.95 bits per heavy atom. The highest BCUT2D eigenvalue weighted by molar-refractivity contribution is 6.31. The maximum atomic E-state index is 6.01. The summed E-state index contributed by atoms with van der Waals surface area (Å²) in [6, 6.07) is 11.4. The normalized spacial score (nSPS) is 11.1. The summed E-state index contributed by atoms with van der Waals surface area (Å²) in [6.07, 6.45) is 5.18. The fourth-order valence-corrected chi connectivity index (χ4v) is 2.22. The van der Waals surface area contributed by atoms with Crippen LogP contribution < -0.4 is 5.43 Å². The van der Waals surface area contributed by atoms with Gasteiger partial charge >= 0.3 is 0 Å². The molecule has 104 valence electrons. The minimum Gasteiger partial charge on any atom is -0.265 e. The third-order valence-electron chi connectivity index (χ3n) is 3.08. The number of aromatic nitrogens is 2. The smallest absolute Gasteiger partial charge is 0.147 e. The minimum atomic E-state index is 0.702. The third-order valence-corrected chi connectivity index (χ3v) is 3.31. The summed E-state index contributed by atoms with van der Waals surface area (Å²) in [7, 11) is 0. The Bertz CT molecular complexity index is 800. The maximum absolute atomic E-state index is 6.01. The van der Waals surface area contributed by atoms with Crippen molar-refractivity contribution in [1.29, 1.82) is 0 Å². The molecule has 0 saturated heterocycles. The largest absolute Gasteiger partial charge is 0.265 e. The molecule has 0 aliphatic rings. The van der Waals surface area contributed by atoms with E-state index in [0.29, 0.717) is 10.8 Å². The van der Waals surface area contributed by atoms with Crippen LogP contribution in [0.15, 0.2) is 53.9 Å². The van der Waals surface area contributed by atoms with Crippen molar-refractivity contribution >= 4 is 34.5 Å². The molecule has 0 bridgehead atoms. The molecule has 0 aliphatic carbocycles. The van der Waals surface area contributed by atoms with Gasteiger partial charge in [-0.25, -0.2) is 4.98 Å². The van der Waals surface area contributed by atoms with Gasteiger partial charge < -0.3 is 0 Å². The van der Waals surface area contributed by atoms with Crippen LogP contribution in [0.25, 0.3) is 10.9 Å². The Hall–Kier alpha value is -2.46. The van der Waals surface area contributed by atoms with Crippen LogP contribution in [0.4, 0.5) is 5.82 Å². The van der Waals surface area contributed by atoms with Crippen LogP contribution in [0.5, 0.6) is 0 Å². The van der Waals surface area contributed by atoms with E-state index in [4.69, 9.17) is 11.6 Å². The van der Waals surface area contributed by atoms with Gasteiger partial charge in [0, 0.05) is 22.8 Å². The van der Waals surface area contributed by atoms with E-state index in [2.05, 4.69) is 20.5 Å². The van der Waals surface area contributed by atoms with Gasteiger partial charge in [0.25, 0.3) is 0 Å². The average Bonchev–Trinajstić information content (AvgIpc) is 2.49. The molecule has 1 aromatic carbocycles. The van der Waals surface area contributed by atoms with Crippen LogP contribution in [-0.2, 0) is 0 Å². The lowest BCUT2D eigenvalue weighted by Gasteiger charge is -2.06. The zero-order valence-electron chi connectivity index (χ0n) is 11.4. The Kier molecular flexibility index (Phi) is 3.79. The first kappa shape index (κ1) is 13.5. The van der Waals surface area contributed by atoms with Gasteiger partial charge in [-0.3, -0.25) is 10.4 Å². The second kappa shape index (κ2) is 5.89. The van der Waals surface area contributed by atoms with Gasteiger partial charge in [-0.1, -0.05) is 11.6 Å². The lowest BCUT2D eigenvalue weighted by Crippen LogP contribution is -1.95. The fourth-order valence-electron chi connectivity index (χ4n) is 2.05. The number of aryl methyl sites for hydroxylation is 1. The van der Waals surface area contributed by atoms with Crippen LogP contribution in [0.3, 0.4) is 0 Å². The maximum Gasteiger partial charge on any atom is 0.147 e. The number of nitrogens with one attached hydrogen (secondary N) is 1. The molecule has 0 amide bonds. The minimum absolute atomic E-state index is 0.702. The average molecular weight is 297 g/mol. The molecule has 0 unspecified atom stereocenters. The quantitative estimate of drug-likeness (QED) is 0.586. The summed E-state index contributed by atoms with van der Waals surface area (Å²) < 4.78 is 0. The Morgan fingerprint density at radius 3 is 2.76 bits per heavy atom. The van der Waals surface area contributed by atoms with E-state index in [1.54, 1.807) is 18.6 Å². The standard InChI is InChI=1S/C16H13ClN4/c1-11-8-16(20-15-3-2-13(17)9-14(11)15)21-19-10-12-4-6-18-7-5-12/h2-10H,1H3,(H,20,21)/b19-10+. The number of hydrazone groups is 1. The molecule has 3 rings (SSSR count). The monoisotopic (exact) mass is 296 g/mol. The van der Waals surface area contributed by atoms with Gasteiger partial charge in [-0.2, -0.15) is 5.10 Å². The van der Waals surface area contributed by atoms with Crippen molar-refractivity contribution in [3.05, 3.63) is 64.9 Å². The van der Waals surface area contributed by atoms with E-state index in [-0.39, 0.29) is 0 Å². The van der Waals surface area contributed by atoms with Gasteiger partial charge in [0.15, 0.2) is 0 Å². The van der Waals surface area contributed by atoms with Crippen molar-refractivity contribution in [1.82, 2.24) is 9.97 Å². The van der Waals surface area contributed by atoms with E-state index in [9.17, 15) is 0 Å². The molecule has 0 atom stereocenters. The zero-order chi connectivity index (χ0) is 14.7. The molecule has 0 fully saturated rings. The first-order valence-corrected chi connectivity index (χ1v) is 6.86. The van der Waals surface area contributed by atoms with E-state index in [1.165, 1.54) is 0 Å². The summed E-state index contributed by atoms with van der Waals surface area (Å²) in [4.78, 5) is 8.47. The Balaban J connectivity index is 1.85. The van der Waals surface area contributed by atoms with Crippen molar-refractivity contribution < 1.29 is 0 Å². The first-order chi connectivity index (χ1) is 10.2. The number of anilines is 1. The number of benzene rings is 1. The molecule has 5 heteroatoms. The predicted molar refractivity (Wildman–Crippen MR) is 86.9 cm³/mol. The Morgan fingerprint density at radius 1 is 1.14 bits per heavy atom. The predicted octanol–water partition coefficient (Wildman–Crippen LogP) is 4.04.